The molecule has 2 unspecified atom stereocenters. The largest absolute Gasteiger partial charge is 0.573 e. The molecule has 0 radical (unpaired) electrons. The van der Waals surface area contributed by atoms with Crippen LogP contribution in [-0.4, -0.2) is 26.2 Å². The van der Waals surface area contributed by atoms with Crippen LogP contribution in [0.5, 0.6) is 5.75 Å². The van der Waals surface area contributed by atoms with Gasteiger partial charge in [0.1, 0.15) is 22.8 Å². The number of alkyl halides is 3. The molecule has 0 saturated heterocycles. The molecule has 4 aromatic rings. The highest BCUT2D eigenvalue weighted by molar-refractivity contribution is 7.86. The summed E-state index contributed by atoms with van der Waals surface area (Å²) in [6, 6.07) is 20.2. The van der Waals surface area contributed by atoms with Gasteiger partial charge in [-0.05, 0) is 54.1 Å². The second kappa shape index (κ2) is 9.60. The predicted octanol–water partition coefficient (Wildman–Crippen LogP) is 5.54. The SMILES string of the molecule is O=C(O)C(Cc1ccccc1)n1ccc2cc(NS(=O)c3ccc(OC(F)(F)F)cc3)ccc21. The first-order valence-electron chi connectivity index (χ1n) is 10.1. The average Bonchev–Trinajstić information content (AvgIpc) is 3.20. The van der Waals surface area contributed by atoms with Gasteiger partial charge in [-0.15, -0.1) is 13.2 Å². The maximum Gasteiger partial charge on any atom is 0.573 e. The Morgan fingerprint density at radius 1 is 1.03 bits per heavy atom. The fourth-order valence-electron chi connectivity index (χ4n) is 3.57. The Balaban J connectivity index is 1.51. The summed E-state index contributed by atoms with van der Waals surface area (Å²) in [6.45, 7) is 0. The Hall–Kier alpha value is -3.79. The normalized spacial score (nSPS) is 13.4. The first-order chi connectivity index (χ1) is 16.2. The lowest BCUT2D eigenvalue weighted by Gasteiger charge is -2.16. The number of carboxylic acid groups (broad SMARTS) is 1. The van der Waals surface area contributed by atoms with E-state index in [2.05, 4.69) is 9.46 Å². The third kappa shape index (κ3) is 5.57. The molecule has 3 aromatic carbocycles. The van der Waals surface area contributed by atoms with Gasteiger partial charge >= 0.3 is 12.3 Å². The monoisotopic (exact) mass is 488 g/mol. The predicted molar refractivity (Wildman–Crippen MR) is 122 cm³/mol. The van der Waals surface area contributed by atoms with Crippen molar-refractivity contribution < 1.29 is 32.0 Å². The summed E-state index contributed by atoms with van der Waals surface area (Å²) < 4.78 is 57.8. The molecule has 4 rings (SSSR count). The van der Waals surface area contributed by atoms with E-state index in [1.807, 2.05) is 30.3 Å². The maximum atomic E-state index is 12.6. The van der Waals surface area contributed by atoms with Crippen LogP contribution in [0.4, 0.5) is 18.9 Å². The van der Waals surface area contributed by atoms with Gasteiger partial charge in [0.15, 0.2) is 0 Å². The van der Waals surface area contributed by atoms with E-state index in [0.717, 1.165) is 23.1 Å². The summed E-state index contributed by atoms with van der Waals surface area (Å²) in [6.07, 6.45) is -2.78. The second-order valence-corrected chi connectivity index (χ2v) is 8.64. The van der Waals surface area contributed by atoms with Crippen LogP contribution in [0.15, 0.2) is 90.0 Å². The van der Waals surface area contributed by atoms with Gasteiger partial charge in [0, 0.05) is 29.2 Å². The van der Waals surface area contributed by atoms with Crippen molar-refractivity contribution in [3.05, 3.63) is 90.6 Å². The molecule has 34 heavy (non-hydrogen) atoms. The van der Waals surface area contributed by atoms with E-state index in [9.17, 15) is 27.3 Å². The number of carboxylic acids is 1. The average molecular weight is 488 g/mol. The number of aliphatic carboxylic acids is 1. The topological polar surface area (TPSA) is 80.6 Å². The molecular formula is C24H19F3N2O4S. The summed E-state index contributed by atoms with van der Waals surface area (Å²) in [5.41, 5.74) is 2.11. The van der Waals surface area contributed by atoms with Gasteiger partial charge in [-0.1, -0.05) is 30.3 Å². The quantitative estimate of drug-likeness (QED) is 0.341. The molecule has 2 N–H and O–H groups in total. The van der Waals surface area contributed by atoms with Gasteiger partial charge in [0.05, 0.1) is 4.90 Å². The molecule has 6 nitrogen and oxygen atoms in total. The molecular weight excluding hydrogens is 469 g/mol. The number of benzene rings is 3. The Bertz CT molecular complexity index is 1320. The molecule has 176 valence electrons. The van der Waals surface area contributed by atoms with E-state index in [1.165, 1.54) is 12.1 Å². The zero-order valence-corrected chi connectivity index (χ0v) is 18.3. The van der Waals surface area contributed by atoms with E-state index in [-0.39, 0.29) is 4.90 Å². The van der Waals surface area contributed by atoms with Gasteiger partial charge in [-0.3, -0.25) is 0 Å². The minimum atomic E-state index is -4.80. The molecule has 0 aliphatic carbocycles. The number of halogens is 3. The number of anilines is 1. The van der Waals surface area contributed by atoms with Crippen LogP contribution in [0, 0.1) is 0 Å². The van der Waals surface area contributed by atoms with Crippen LogP contribution in [0.3, 0.4) is 0 Å². The number of aromatic nitrogens is 1. The molecule has 0 aliphatic heterocycles. The third-order valence-electron chi connectivity index (χ3n) is 5.10. The number of ether oxygens (including phenoxy) is 1. The highest BCUT2D eigenvalue weighted by Crippen LogP contribution is 2.27. The van der Waals surface area contributed by atoms with Gasteiger partial charge in [-0.25, -0.2) is 9.00 Å². The van der Waals surface area contributed by atoms with Gasteiger partial charge < -0.3 is 19.1 Å². The first-order valence-corrected chi connectivity index (χ1v) is 11.3. The minimum Gasteiger partial charge on any atom is -0.480 e. The standard InChI is InChI=1S/C24H19F3N2O4S/c25-24(26,27)33-19-7-9-20(10-8-19)34(32)28-18-6-11-21-17(15-18)12-13-29(21)22(23(30)31)14-16-4-2-1-3-5-16/h1-13,15,22,28H,14H2,(H,30,31). The van der Waals surface area contributed by atoms with E-state index in [1.54, 1.807) is 35.0 Å². The van der Waals surface area contributed by atoms with E-state index in [0.29, 0.717) is 17.6 Å². The van der Waals surface area contributed by atoms with Crippen molar-refractivity contribution in [1.29, 1.82) is 0 Å². The summed E-state index contributed by atoms with van der Waals surface area (Å²) in [5, 5.41) is 10.5. The third-order valence-corrected chi connectivity index (χ3v) is 6.22. The Kier molecular flexibility index (Phi) is 6.60. The molecule has 0 spiro atoms. The van der Waals surface area contributed by atoms with Crippen LogP contribution in [0.2, 0.25) is 0 Å². The maximum absolute atomic E-state index is 12.6. The summed E-state index contributed by atoms with van der Waals surface area (Å²) in [4.78, 5) is 12.2. The van der Waals surface area contributed by atoms with Crippen molar-refractivity contribution in [2.45, 2.75) is 23.7 Å². The lowest BCUT2D eigenvalue weighted by atomic mass is 10.1. The Morgan fingerprint density at radius 3 is 2.38 bits per heavy atom. The zero-order chi connectivity index (χ0) is 24.3. The second-order valence-electron chi connectivity index (χ2n) is 7.43. The fraction of sp³-hybridized carbons (Fsp3) is 0.125. The lowest BCUT2D eigenvalue weighted by Crippen LogP contribution is -2.20. The fourth-order valence-corrected chi connectivity index (χ4v) is 4.41. The molecule has 0 bridgehead atoms. The van der Waals surface area contributed by atoms with E-state index >= 15 is 0 Å². The first kappa shape index (κ1) is 23.4. The van der Waals surface area contributed by atoms with Crippen LogP contribution in [0.1, 0.15) is 11.6 Å². The number of hydrogen-bond donors (Lipinski definition) is 2. The van der Waals surface area contributed by atoms with Crippen molar-refractivity contribution in [3.8, 4) is 5.75 Å². The number of hydrogen-bond acceptors (Lipinski definition) is 3. The molecule has 0 aliphatic rings. The lowest BCUT2D eigenvalue weighted by molar-refractivity contribution is -0.274. The molecule has 0 amide bonds. The molecule has 2 atom stereocenters. The number of carbonyl (C=O) groups is 1. The highest BCUT2D eigenvalue weighted by atomic mass is 32.2. The summed E-state index contributed by atoms with van der Waals surface area (Å²) in [7, 11) is -1.73. The van der Waals surface area contributed by atoms with Gasteiger partial charge in [-0.2, -0.15) is 0 Å². The van der Waals surface area contributed by atoms with Gasteiger partial charge in [0.25, 0.3) is 0 Å². The van der Waals surface area contributed by atoms with E-state index in [4.69, 9.17) is 0 Å². The number of fused-ring (bicyclic) bond motifs is 1. The smallest absolute Gasteiger partial charge is 0.480 e. The molecule has 1 aromatic heterocycles. The highest BCUT2D eigenvalue weighted by Gasteiger charge is 2.31. The molecule has 1 heterocycles. The van der Waals surface area contributed by atoms with Crippen molar-refractivity contribution in [3.63, 3.8) is 0 Å². The van der Waals surface area contributed by atoms with Crippen LogP contribution < -0.4 is 9.46 Å². The van der Waals surface area contributed by atoms with Crippen LogP contribution in [0.25, 0.3) is 10.9 Å². The summed E-state index contributed by atoms with van der Waals surface area (Å²) >= 11 is 0. The minimum absolute atomic E-state index is 0.265. The number of rotatable bonds is 8. The molecule has 0 saturated carbocycles. The zero-order valence-electron chi connectivity index (χ0n) is 17.5. The van der Waals surface area contributed by atoms with Crippen molar-refractivity contribution in [2.75, 3.05) is 4.72 Å². The van der Waals surface area contributed by atoms with E-state index < -0.39 is 35.1 Å². The van der Waals surface area contributed by atoms with Crippen molar-refractivity contribution in [2.24, 2.45) is 0 Å². The number of nitrogens with zero attached hydrogens (tertiary/aromatic N) is 1. The Labute approximate surface area is 195 Å². The molecule has 0 fully saturated rings. The number of nitrogens with one attached hydrogen (secondary N) is 1. The molecule has 10 heteroatoms. The Morgan fingerprint density at radius 2 is 1.74 bits per heavy atom. The van der Waals surface area contributed by atoms with Crippen LogP contribution in [-0.2, 0) is 22.2 Å². The van der Waals surface area contributed by atoms with Crippen LogP contribution >= 0.6 is 0 Å². The van der Waals surface area contributed by atoms with Gasteiger partial charge in [0.2, 0.25) is 0 Å². The summed E-state index contributed by atoms with van der Waals surface area (Å²) in [5.74, 6) is -1.36. The van der Waals surface area contributed by atoms with Crippen molar-refractivity contribution in [1.82, 2.24) is 4.57 Å². The van der Waals surface area contributed by atoms with Crippen molar-refractivity contribution >= 4 is 33.5 Å².